The molecule has 0 aliphatic carbocycles. The minimum Gasteiger partial charge on any atom is -0.443 e. The molecule has 1 aromatic heterocycles. The fourth-order valence-corrected chi connectivity index (χ4v) is 2.32. The lowest BCUT2D eigenvalue weighted by atomic mass is 10.2. The number of aromatic nitrogens is 1. The van der Waals surface area contributed by atoms with Gasteiger partial charge < -0.3 is 8.92 Å². The molecule has 24 heavy (non-hydrogen) atoms. The molecule has 10 heteroatoms. The van der Waals surface area contributed by atoms with Crippen LogP contribution in [0, 0.1) is 0 Å². The van der Waals surface area contributed by atoms with Crippen molar-refractivity contribution in [2.45, 2.75) is 31.9 Å². The summed E-state index contributed by atoms with van der Waals surface area (Å²) in [7, 11) is -5.81. The highest BCUT2D eigenvalue weighted by atomic mass is 32.2. The number of ether oxygens (including phenoxy) is 1. The van der Waals surface area contributed by atoms with Gasteiger partial charge in [-0.3, -0.25) is 4.57 Å². The van der Waals surface area contributed by atoms with Crippen molar-refractivity contribution in [3.8, 4) is 5.75 Å². The third kappa shape index (κ3) is 3.64. The average molecular weight is 365 g/mol. The lowest BCUT2D eigenvalue weighted by Crippen LogP contribution is -2.28. The van der Waals surface area contributed by atoms with Crippen molar-refractivity contribution in [2.75, 3.05) is 0 Å². The van der Waals surface area contributed by atoms with E-state index in [1.54, 1.807) is 20.8 Å². The topological polar surface area (TPSA) is 74.6 Å². The van der Waals surface area contributed by atoms with Crippen LogP contribution >= 0.6 is 0 Å². The number of benzene rings is 1. The van der Waals surface area contributed by atoms with Gasteiger partial charge in [-0.25, -0.2) is 4.79 Å². The molecular weight excluding hydrogens is 351 g/mol. The van der Waals surface area contributed by atoms with Gasteiger partial charge in [-0.2, -0.15) is 21.6 Å². The average Bonchev–Trinajstić information content (AvgIpc) is 2.79. The molecule has 0 N–H and O–H groups in total. The Kier molecular flexibility index (Phi) is 4.29. The van der Waals surface area contributed by atoms with Crippen LogP contribution in [0.5, 0.6) is 5.75 Å². The number of hydrogen-bond donors (Lipinski definition) is 0. The number of hydrogen-bond acceptors (Lipinski definition) is 5. The highest BCUT2D eigenvalue weighted by Gasteiger charge is 2.48. The van der Waals surface area contributed by atoms with Crippen LogP contribution in [-0.2, 0) is 14.9 Å². The Morgan fingerprint density at radius 3 is 2.29 bits per heavy atom. The largest absolute Gasteiger partial charge is 0.534 e. The lowest BCUT2D eigenvalue weighted by molar-refractivity contribution is -0.0499. The lowest BCUT2D eigenvalue weighted by Gasteiger charge is -2.19. The Morgan fingerprint density at radius 1 is 1.12 bits per heavy atom. The van der Waals surface area contributed by atoms with Crippen LogP contribution in [0.2, 0.25) is 0 Å². The maximum Gasteiger partial charge on any atom is 0.534 e. The van der Waals surface area contributed by atoms with E-state index in [4.69, 9.17) is 4.74 Å². The van der Waals surface area contributed by atoms with E-state index in [1.807, 2.05) is 0 Å². The Labute approximate surface area is 135 Å². The van der Waals surface area contributed by atoms with Crippen molar-refractivity contribution < 1.29 is 35.3 Å². The van der Waals surface area contributed by atoms with E-state index in [2.05, 4.69) is 4.18 Å². The van der Waals surface area contributed by atoms with Crippen LogP contribution in [-0.4, -0.2) is 30.2 Å². The van der Waals surface area contributed by atoms with E-state index < -0.39 is 33.1 Å². The van der Waals surface area contributed by atoms with Crippen molar-refractivity contribution >= 4 is 27.1 Å². The molecule has 0 aliphatic heterocycles. The first kappa shape index (κ1) is 18.1. The smallest absolute Gasteiger partial charge is 0.443 e. The first-order valence-corrected chi connectivity index (χ1v) is 8.07. The SMILES string of the molecule is CC(C)(C)OC(=O)n1ccc2c(OS(=O)(=O)C(F)(F)F)cccc21. The molecule has 0 bridgehead atoms. The number of carbonyl (C=O) groups excluding carboxylic acids is 1. The van der Waals surface area contributed by atoms with Gasteiger partial charge in [0.2, 0.25) is 0 Å². The summed E-state index contributed by atoms with van der Waals surface area (Å²) in [6.45, 7) is 4.96. The molecule has 6 nitrogen and oxygen atoms in total. The Morgan fingerprint density at radius 2 is 1.75 bits per heavy atom. The first-order chi connectivity index (χ1) is 10.8. The van der Waals surface area contributed by atoms with Crippen LogP contribution in [0.15, 0.2) is 30.5 Å². The third-order valence-electron chi connectivity index (χ3n) is 2.77. The third-order valence-corrected chi connectivity index (χ3v) is 3.73. The molecular formula is C14H14F3NO5S. The van der Waals surface area contributed by atoms with Crippen molar-refractivity contribution in [3.05, 3.63) is 30.5 Å². The number of rotatable bonds is 2. The van der Waals surface area contributed by atoms with E-state index >= 15 is 0 Å². The van der Waals surface area contributed by atoms with Gasteiger partial charge in [-0.05, 0) is 39.0 Å². The number of fused-ring (bicyclic) bond motifs is 1. The summed E-state index contributed by atoms with van der Waals surface area (Å²) in [6, 6.07) is 5.02. The molecule has 0 radical (unpaired) electrons. The number of carbonyl (C=O) groups is 1. The van der Waals surface area contributed by atoms with Crippen LogP contribution in [0.25, 0.3) is 10.9 Å². The summed E-state index contributed by atoms with van der Waals surface area (Å²) >= 11 is 0. The molecule has 2 rings (SSSR count). The Balaban J connectivity index is 2.45. The van der Waals surface area contributed by atoms with Crippen molar-refractivity contribution in [1.29, 1.82) is 0 Å². The molecule has 1 aromatic carbocycles. The van der Waals surface area contributed by atoms with Crippen molar-refractivity contribution in [3.63, 3.8) is 0 Å². The van der Waals surface area contributed by atoms with Gasteiger partial charge in [0.25, 0.3) is 0 Å². The zero-order valence-corrected chi connectivity index (χ0v) is 13.7. The number of alkyl halides is 3. The maximum atomic E-state index is 12.4. The maximum absolute atomic E-state index is 12.4. The van der Waals surface area contributed by atoms with Gasteiger partial charge in [-0.15, -0.1) is 0 Å². The molecule has 0 spiro atoms. The molecule has 0 amide bonds. The highest BCUT2D eigenvalue weighted by Crippen LogP contribution is 2.32. The van der Waals surface area contributed by atoms with E-state index in [0.29, 0.717) is 0 Å². The minimum absolute atomic E-state index is 0.0242. The summed E-state index contributed by atoms with van der Waals surface area (Å²) in [5.41, 5.74) is -6.18. The Bertz CT molecular complexity index is 878. The van der Waals surface area contributed by atoms with E-state index in [9.17, 15) is 26.4 Å². The fraction of sp³-hybridized carbons (Fsp3) is 0.357. The van der Waals surface area contributed by atoms with Crippen LogP contribution in [0.4, 0.5) is 18.0 Å². The summed E-state index contributed by atoms with van der Waals surface area (Å²) in [4.78, 5) is 12.1. The normalized spacial score (nSPS) is 13.1. The molecule has 132 valence electrons. The second-order valence-corrected chi connectivity index (χ2v) is 7.38. The van der Waals surface area contributed by atoms with Gasteiger partial charge in [0.05, 0.1) is 5.52 Å². The standard InChI is InChI=1S/C14H14F3NO5S/c1-13(2,3)22-12(19)18-8-7-9-10(18)5-4-6-11(9)23-24(20,21)14(15,16)17/h4-8H,1-3H3. The summed E-state index contributed by atoms with van der Waals surface area (Å²) in [5.74, 6) is -0.535. The van der Waals surface area contributed by atoms with Gasteiger partial charge in [-0.1, -0.05) is 6.07 Å². The van der Waals surface area contributed by atoms with Gasteiger partial charge in [0, 0.05) is 11.6 Å². The van der Waals surface area contributed by atoms with Gasteiger partial charge in [0.1, 0.15) is 5.60 Å². The monoisotopic (exact) mass is 365 g/mol. The molecule has 1 heterocycles. The molecule has 0 fully saturated rings. The van der Waals surface area contributed by atoms with Crippen LogP contribution < -0.4 is 4.18 Å². The van der Waals surface area contributed by atoms with Gasteiger partial charge in [0.15, 0.2) is 5.75 Å². The summed E-state index contributed by atoms with van der Waals surface area (Å²) < 4.78 is 70.0. The molecule has 0 unspecified atom stereocenters. The summed E-state index contributed by atoms with van der Waals surface area (Å²) in [5, 5.41) is 0.0242. The fourth-order valence-electron chi connectivity index (χ4n) is 1.85. The van der Waals surface area contributed by atoms with Crippen molar-refractivity contribution in [1.82, 2.24) is 4.57 Å². The van der Waals surface area contributed by atoms with E-state index in [0.717, 1.165) is 10.6 Å². The highest BCUT2D eigenvalue weighted by molar-refractivity contribution is 7.88. The number of halogens is 3. The second kappa shape index (κ2) is 5.69. The molecule has 0 saturated heterocycles. The zero-order valence-electron chi connectivity index (χ0n) is 12.9. The van der Waals surface area contributed by atoms with E-state index in [-0.39, 0.29) is 10.9 Å². The molecule has 0 saturated carbocycles. The zero-order chi connectivity index (χ0) is 18.3. The number of nitrogens with zero attached hydrogens (tertiary/aromatic N) is 1. The first-order valence-electron chi connectivity index (χ1n) is 6.66. The predicted octanol–water partition coefficient (Wildman–Crippen LogP) is 3.65. The predicted molar refractivity (Wildman–Crippen MR) is 79.2 cm³/mol. The van der Waals surface area contributed by atoms with Crippen LogP contribution in [0.3, 0.4) is 0 Å². The molecule has 0 aliphatic rings. The molecule has 0 atom stereocenters. The minimum atomic E-state index is -5.81. The summed E-state index contributed by atoms with van der Waals surface area (Å²) in [6.07, 6.45) is 0.500. The second-order valence-electron chi connectivity index (χ2n) is 5.84. The molecule has 2 aromatic rings. The Hall–Kier alpha value is -2.23. The van der Waals surface area contributed by atoms with Crippen LogP contribution in [0.1, 0.15) is 20.8 Å². The van der Waals surface area contributed by atoms with Gasteiger partial charge >= 0.3 is 21.7 Å². The van der Waals surface area contributed by atoms with E-state index in [1.165, 1.54) is 24.4 Å². The quantitative estimate of drug-likeness (QED) is 0.600. The van der Waals surface area contributed by atoms with Crippen molar-refractivity contribution in [2.24, 2.45) is 0 Å².